The van der Waals surface area contributed by atoms with Crippen molar-refractivity contribution in [3.05, 3.63) is 23.8 Å². The molecule has 0 bridgehead atoms. The Hall–Kier alpha value is -1.26. The second kappa shape index (κ2) is 4.64. The summed E-state index contributed by atoms with van der Waals surface area (Å²) in [7, 11) is 3.20. The average molecular weight is 280 g/mol. The van der Waals surface area contributed by atoms with Crippen molar-refractivity contribution in [2.24, 2.45) is 0 Å². The standard InChI is InChI=1S/C16H24O4/c1-14(2)10-16(17,15(3,4)20-14)11-7-12(18-5)9-13(8-11)19-6/h7-9,17H,10H2,1-6H3. The van der Waals surface area contributed by atoms with E-state index in [9.17, 15) is 5.11 Å². The van der Waals surface area contributed by atoms with Crippen molar-refractivity contribution < 1.29 is 19.3 Å². The first-order valence-corrected chi connectivity index (χ1v) is 6.80. The average Bonchev–Trinajstić information content (AvgIpc) is 2.53. The molecule has 1 aromatic carbocycles. The van der Waals surface area contributed by atoms with Gasteiger partial charge in [0, 0.05) is 12.5 Å². The molecule has 0 aliphatic carbocycles. The molecule has 1 aromatic rings. The lowest BCUT2D eigenvalue weighted by atomic mass is 9.77. The topological polar surface area (TPSA) is 47.9 Å². The molecule has 1 atom stereocenters. The second-order valence-corrected chi connectivity index (χ2v) is 6.51. The van der Waals surface area contributed by atoms with Gasteiger partial charge in [-0.15, -0.1) is 0 Å². The van der Waals surface area contributed by atoms with Crippen molar-refractivity contribution in [1.82, 2.24) is 0 Å². The van der Waals surface area contributed by atoms with Crippen LogP contribution in [-0.4, -0.2) is 30.5 Å². The van der Waals surface area contributed by atoms with E-state index in [1.807, 2.05) is 39.8 Å². The summed E-state index contributed by atoms with van der Waals surface area (Å²) >= 11 is 0. The Bertz CT molecular complexity index is 485. The fourth-order valence-electron chi connectivity index (χ4n) is 3.14. The fourth-order valence-corrected chi connectivity index (χ4v) is 3.14. The normalized spacial score (nSPS) is 27.4. The van der Waals surface area contributed by atoms with E-state index in [1.165, 1.54) is 0 Å². The number of ether oxygens (including phenoxy) is 3. The van der Waals surface area contributed by atoms with Crippen LogP contribution in [0.15, 0.2) is 18.2 Å². The summed E-state index contributed by atoms with van der Waals surface area (Å²) in [6.07, 6.45) is 0.517. The highest BCUT2D eigenvalue weighted by Crippen LogP contribution is 2.51. The van der Waals surface area contributed by atoms with Crippen LogP contribution < -0.4 is 9.47 Å². The molecule has 1 heterocycles. The Kier molecular flexibility index (Phi) is 3.51. The number of hydrogen-bond donors (Lipinski definition) is 1. The number of benzene rings is 1. The lowest BCUT2D eigenvalue weighted by molar-refractivity contribution is -0.129. The smallest absolute Gasteiger partial charge is 0.122 e. The molecule has 0 aromatic heterocycles. The molecular formula is C16H24O4. The minimum atomic E-state index is -1.09. The second-order valence-electron chi connectivity index (χ2n) is 6.51. The monoisotopic (exact) mass is 280 g/mol. The highest BCUT2D eigenvalue weighted by molar-refractivity contribution is 5.43. The molecule has 112 valence electrons. The molecule has 2 rings (SSSR count). The van der Waals surface area contributed by atoms with Crippen molar-refractivity contribution in [2.75, 3.05) is 14.2 Å². The summed E-state index contributed by atoms with van der Waals surface area (Å²) in [4.78, 5) is 0. The minimum absolute atomic E-state index is 0.380. The van der Waals surface area contributed by atoms with Crippen LogP contribution in [0, 0.1) is 0 Å². The zero-order chi connectivity index (χ0) is 15.2. The van der Waals surface area contributed by atoms with Crippen molar-refractivity contribution in [3.63, 3.8) is 0 Å². The third kappa shape index (κ3) is 2.38. The molecule has 0 amide bonds. The summed E-state index contributed by atoms with van der Waals surface area (Å²) in [6.45, 7) is 7.80. The van der Waals surface area contributed by atoms with Crippen LogP contribution in [-0.2, 0) is 10.3 Å². The molecule has 1 saturated heterocycles. The van der Waals surface area contributed by atoms with Crippen molar-refractivity contribution in [2.45, 2.75) is 50.9 Å². The van der Waals surface area contributed by atoms with Gasteiger partial charge in [-0.1, -0.05) is 0 Å². The summed E-state index contributed by atoms with van der Waals surface area (Å²) in [5.74, 6) is 1.32. The minimum Gasteiger partial charge on any atom is -0.497 e. The maximum Gasteiger partial charge on any atom is 0.122 e. The molecule has 0 saturated carbocycles. The van der Waals surface area contributed by atoms with E-state index in [0.29, 0.717) is 17.9 Å². The van der Waals surface area contributed by atoms with Gasteiger partial charge in [0.25, 0.3) is 0 Å². The van der Waals surface area contributed by atoms with E-state index in [0.717, 1.165) is 5.56 Å². The Labute approximate surface area is 120 Å². The van der Waals surface area contributed by atoms with Gasteiger partial charge in [0.05, 0.1) is 25.4 Å². The molecule has 4 heteroatoms. The molecule has 20 heavy (non-hydrogen) atoms. The van der Waals surface area contributed by atoms with Gasteiger partial charge in [0.1, 0.15) is 17.1 Å². The number of methoxy groups -OCH3 is 2. The lowest BCUT2D eigenvalue weighted by Crippen LogP contribution is -2.43. The number of rotatable bonds is 3. The van der Waals surface area contributed by atoms with Gasteiger partial charge in [0.2, 0.25) is 0 Å². The maximum atomic E-state index is 11.2. The van der Waals surface area contributed by atoms with Gasteiger partial charge in [-0.25, -0.2) is 0 Å². The van der Waals surface area contributed by atoms with E-state index in [2.05, 4.69) is 0 Å². The van der Waals surface area contributed by atoms with Gasteiger partial charge in [-0.3, -0.25) is 0 Å². The van der Waals surface area contributed by atoms with E-state index >= 15 is 0 Å². The highest BCUT2D eigenvalue weighted by atomic mass is 16.5. The Balaban J connectivity index is 2.54. The highest BCUT2D eigenvalue weighted by Gasteiger charge is 2.57. The first kappa shape index (κ1) is 15.1. The van der Waals surface area contributed by atoms with Crippen LogP contribution in [0.4, 0.5) is 0 Å². The molecule has 1 N–H and O–H groups in total. The van der Waals surface area contributed by atoms with Crippen LogP contribution in [0.25, 0.3) is 0 Å². The molecule has 1 fully saturated rings. The van der Waals surface area contributed by atoms with Crippen molar-refractivity contribution in [3.8, 4) is 11.5 Å². The summed E-state index contributed by atoms with van der Waals surface area (Å²) in [5.41, 5.74) is -1.40. The first-order valence-electron chi connectivity index (χ1n) is 6.80. The van der Waals surface area contributed by atoms with E-state index in [4.69, 9.17) is 14.2 Å². The summed E-state index contributed by atoms with van der Waals surface area (Å²) in [6, 6.07) is 5.48. The van der Waals surface area contributed by atoms with E-state index < -0.39 is 11.2 Å². The SMILES string of the molecule is COc1cc(OC)cc(C2(O)CC(C)(C)OC2(C)C)c1. The first-order chi connectivity index (χ1) is 9.13. The zero-order valence-electron chi connectivity index (χ0n) is 13.1. The Morgan fingerprint density at radius 2 is 1.50 bits per heavy atom. The molecule has 1 aliphatic rings. The predicted molar refractivity (Wildman–Crippen MR) is 77.3 cm³/mol. The van der Waals surface area contributed by atoms with Crippen LogP contribution in [0.3, 0.4) is 0 Å². The largest absolute Gasteiger partial charge is 0.497 e. The molecule has 0 radical (unpaired) electrons. The van der Waals surface area contributed by atoms with Crippen LogP contribution >= 0.6 is 0 Å². The molecule has 1 aliphatic heterocycles. The van der Waals surface area contributed by atoms with Crippen LogP contribution in [0.1, 0.15) is 39.7 Å². The van der Waals surface area contributed by atoms with Crippen molar-refractivity contribution in [1.29, 1.82) is 0 Å². The third-order valence-corrected chi connectivity index (χ3v) is 4.04. The Morgan fingerprint density at radius 3 is 1.85 bits per heavy atom. The number of aliphatic hydroxyl groups is 1. The van der Waals surface area contributed by atoms with Gasteiger partial charge in [-0.2, -0.15) is 0 Å². The maximum absolute atomic E-state index is 11.2. The van der Waals surface area contributed by atoms with E-state index in [1.54, 1.807) is 20.3 Å². The summed E-state index contributed by atoms with van der Waals surface area (Å²) < 4.78 is 16.6. The summed E-state index contributed by atoms with van der Waals surface area (Å²) in [5, 5.41) is 11.2. The third-order valence-electron chi connectivity index (χ3n) is 4.04. The lowest BCUT2D eigenvalue weighted by Gasteiger charge is -2.35. The quantitative estimate of drug-likeness (QED) is 0.925. The number of hydrogen-bond acceptors (Lipinski definition) is 4. The Morgan fingerprint density at radius 1 is 1.00 bits per heavy atom. The van der Waals surface area contributed by atoms with Gasteiger partial charge < -0.3 is 19.3 Å². The van der Waals surface area contributed by atoms with Gasteiger partial charge in [-0.05, 0) is 45.4 Å². The molecule has 4 nitrogen and oxygen atoms in total. The zero-order valence-corrected chi connectivity index (χ0v) is 13.1. The van der Waals surface area contributed by atoms with Crippen LogP contribution in [0.5, 0.6) is 11.5 Å². The molecular weight excluding hydrogens is 256 g/mol. The predicted octanol–water partition coefficient (Wildman–Crippen LogP) is 2.87. The molecule has 0 spiro atoms. The van der Waals surface area contributed by atoms with Gasteiger partial charge >= 0.3 is 0 Å². The van der Waals surface area contributed by atoms with Crippen molar-refractivity contribution >= 4 is 0 Å². The van der Waals surface area contributed by atoms with Crippen LogP contribution in [0.2, 0.25) is 0 Å². The van der Waals surface area contributed by atoms with E-state index in [-0.39, 0.29) is 5.60 Å². The van der Waals surface area contributed by atoms with Gasteiger partial charge in [0.15, 0.2) is 0 Å². The molecule has 1 unspecified atom stereocenters. The fraction of sp³-hybridized carbons (Fsp3) is 0.625.